The fourth-order valence-corrected chi connectivity index (χ4v) is 3.81. The van der Waals surface area contributed by atoms with Crippen LogP contribution in [0.25, 0.3) is 0 Å². The van der Waals surface area contributed by atoms with Crippen LogP contribution in [0.15, 0.2) is 28.4 Å². The number of nitrogens with zero attached hydrogens (tertiary/aromatic N) is 2. The summed E-state index contributed by atoms with van der Waals surface area (Å²) in [5.41, 5.74) is 0.690. The molecule has 1 saturated heterocycles. The minimum absolute atomic E-state index is 0.117. The van der Waals surface area contributed by atoms with E-state index in [0.717, 1.165) is 31.5 Å². The van der Waals surface area contributed by atoms with Crippen LogP contribution in [-0.2, 0) is 11.2 Å². The third-order valence-corrected chi connectivity index (χ3v) is 5.17. The minimum Gasteiger partial charge on any atom is -0.342 e. The van der Waals surface area contributed by atoms with Crippen LogP contribution in [0.3, 0.4) is 0 Å². The summed E-state index contributed by atoms with van der Waals surface area (Å²) in [6, 6.07) is 5.65. The fraction of sp³-hybridized carbons (Fsp3) is 0.471. The van der Waals surface area contributed by atoms with E-state index in [0.29, 0.717) is 18.8 Å². The molecule has 0 aromatic carbocycles. The summed E-state index contributed by atoms with van der Waals surface area (Å²) in [5.74, 6) is 0.994. The number of rotatable bonds is 4. The molecule has 23 heavy (non-hydrogen) atoms. The second-order valence-electron chi connectivity index (χ2n) is 6.01. The van der Waals surface area contributed by atoms with E-state index in [2.05, 4.69) is 16.0 Å². The van der Waals surface area contributed by atoms with Crippen molar-refractivity contribution in [3.63, 3.8) is 0 Å². The SMILES string of the molecule is Cc1nc([C@@H]2CCCN(C(=O)CCc3cccs3)C2)cc(=O)[nH]1. The van der Waals surface area contributed by atoms with Gasteiger partial charge in [0.15, 0.2) is 0 Å². The summed E-state index contributed by atoms with van der Waals surface area (Å²) in [4.78, 5) is 34.4. The lowest BCUT2D eigenvalue weighted by atomic mass is 9.94. The summed E-state index contributed by atoms with van der Waals surface area (Å²) in [5, 5.41) is 2.04. The molecular weight excluding hydrogens is 310 g/mol. The zero-order chi connectivity index (χ0) is 16.2. The Labute approximate surface area is 139 Å². The van der Waals surface area contributed by atoms with E-state index >= 15 is 0 Å². The van der Waals surface area contributed by atoms with Crippen LogP contribution in [0.5, 0.6) is 0 Å². The highest BCUT2D eigenvalue weighted by Crippen LogP contribution is 2.25. The quantitative estimate of drug-likeness (QED) is 0.936. The summed E-state index contributed by atoms with van der Waals surface area (Å²) in [7, 11) is 0. The molecule has 0 unspecified atom stereocenters. The van der Waals surface area contributed by atoms with Crippen molar-refractivity contribution in [2.24, 2.45) is 0 Å². The smallest absolute Gasteiger partial charge is 0.251 e. The molecule has 122 valence electrons. The lowest BCUT2D eigenvalue weighted by Crippen LogP contribution is -2.39. The minimum atomic E-state index is -0.117. The number of nitrogens with one attached hydrogen (secondary N) is 1. The van der Waals surface area contributed by atoms with E-state index in [1.54, 1.807) is 24.3 Å². The first-order chi connectivity index (χ1) is 11.1. The van der Waals surface area contributed by atoms with Gasteiger partial charge < -0.3 is 9.88 Å². The van der Waals surface area contributed by atoms with Crippen LogP contribution >= 0.6 is 11.3 Å². The van der Waals surface area contributed by atoms with Crippen molar-refractivity contribution in [1.82, 2.24) is 14.9 Å². The summed E-state index contributed by atoms with van der Waals surface area (Å²) in [6.07, 6.45) is 3.29. The third-order valence-electron chi connectivity index (χ3n) is 4.24. The van der Waals surface area contributed by atoms with Gasteiger partial charge >= 0.3 is 0 Å². The molecule has 0 bridgehead atoms. The molecule has 0 spiro atoms. The van der Waals surface area contributed by atoms with Gasteiger partial charge in [0, 0.05) is 36.4 Å². The predicted molar refractivity (Wildman–Crippen MR) is 90.8 cm³/mol. The van der Waals surface area contributed by atoms with Gasteiger partial charge in [0.25, 0.3) is 5.56 Å². The Balaban J connectivity index is 1.63. The number of likely N-dealkylation sites (tertiary alicyclic amines) is 1. The Morgan fingerprint density at radius 1 is 1.52 bits per heavy atom. The molecule has 6 heteroatoms. The molecule has 1 amide bonds. The van der Waals surface area contributed by atoms with Crippen LogP contribution in [0.1, 0.15) is 41.6 Å². The number of aromatic amines is 1. The first-order valence-corrected chi connectivity index (χ1v) is 8.88. The van der Waals surface area contributed by atoms with Gasteiger partial charge in [0.2, 0.25) is 5.91 Å². The molecule has 2 aromatic rings. The van der Waals surface area contributed by atoms with Gasteiger partial charge in [-0.3, -0.25) is 9.59 Å². The van der Waals surface area contributed by atoms with Crippen LogP contribution in [0.4, 0.5) is 0 Å². The zero-order valence-corrected chi connectivity index (χ0v) is 14.1. The van der Waals surface area contributed by atoms with Crippen molar-refractivity contribution in [2.45, 2.75) is 38.5 Å². The molecule has 3 rings (SSSR count). The highest BCUT2D eigenvalue weighted by atomic mass is 32.1. The zero-order valence-electron chi connectivity index (χ0n) is 13.2. The molecule has 0 aliphatic carbocycles. The largest absolute Gasteiger partial charge is 0.342 e. The van der Waals surface area contributed by atoms with Gasteiger partial charge in [-0.1, -0.05) is 6.07 Å². The van der Waals surface area contributed by atoms with E-state index in [1.807, 2.05) is 16.3 Å². The summed E-state index contributed by atoms with van der Waals surface area (Å²) >= 11 is 1.69. The predicted octanol–water partition coefficient (Wildman–Crippen LogP) is 2.48. The lowest BCUT2D eigenvalue weighted by molar-refractivity contribution is -0.132. The number of hydrogen-bond donors (Lipinski definition) is 1. The second-order valence-corrected chi connectivity index (χ2v) is 7.05. The Morgan fingerprint density at radius 3 is 3.13 bits per heavy atom. The summed E-state index contributed by atoms with van der Waals surface area (Å²) < 4.78 is 0. The Bertz CT molecular complexity index is 724. The van der Waals surface area contributed by atoms with Crippen molar-refractivity contribution in [3.8, 4) is 0 Å². The molecule has 0 radical (unpaired) electrons. The maximum absolute atomic E-state index is 12.4. The number of aryl methyl sites for hydroxylation is 2. The van der Waals surface area contributed by atoms with Gasteiger partial charge in [0.1, 0.15) is 5.82 Å². The van der Waals surface area contributed by atoms with Gasteiger partial charge in [0.05, 0.1) is 5.69 Å². The molecule has 2 aromatic heterocycles. The van der Waals surface area contributed by atoms with Crippen molar-refractivity contribution in [3.05, 3.63) is 50.3 Å². The molecular formula is C17H21N3O2S. The summed E-state index contributed by atoms with van der Waals surface area (Å²) in [6.45, 7) is 3.26. The first kappa shape index (κ1) is 15.9. The van der Waals surface area contributed by atoms with E-state index in [9.17, 15) is 9.59 Å². The molecule has 1 fully saturated rings. The number of aromatic nitrogens is 2. The first-order valence-electron chi connectivity index (χ1n) is 8.00. The molecule has 3 heterocycles. The number of carbonyl (C=O) groups is 1. The van der Waals surface area contributed by atoms with Gasteiger partial charge in [-0.2, -0.15) is 0 Å². The van der Waals surface area contributed by atoms with Crippen molar-refractivity contribution in [1.29, 1.82) is 0 Å². The van der Waals surface area contributed by atoms with E-state index in [1.165, 1.54) is 4.88 Å². The molecule has 1 aliphatic rings. The molecule has 1 atom stereocenters. The fourth-order valence-electron chi connectivity index (χ4n) is 3.10. The maximum Gasteiger partial charge on any atom is 0.251 e. The van der Waals surface area contributed by atoms with Gasteiger partial charge in [-0.15, -0.1) is 11.3 Å². The molecule has 0 saturated carbocycles. The molecule has 1 aliphatic heterocycles. The average molecular weight is 331 g/mol. The maximum atomic E-state index is 12.4. The number of amides is 1. The second kappa shape index (κ2) is 7.08. The number of carbonyl (C=O) groups excluding carboxylic acids is 1. The standard InChI is InChI=1S/C17H21N3O2S/c1-12-18-15(10-16(21)19-12)13-4-2-8-20(11-13)17(22)7-6-14-5-3-9-23-14/h3,5,9-10,13H,2,4,6-8,11H2,1H3,(H,18,19,21)/t13-/m1/s1. The van der Waals surface area contributed by atoms with Crippen molar-refractivity contribution in [2.75, 3.05) is 13.1 Å². The van der Waals surface area contributed by atoms with Crippen molar-refractivity contribution < 1.29 is 4.79 Å². The Hall–Kier alpha value is -1.95. The van der Waals surface area contributed by atoms with Crippen LogP contribution in [-0.4, -0.2) is 33.9 Å². The Morgan fingerprint density at radius 2 is 2.39 bits per heavy atom. The Kier molecular flexibility index (Phi) is 4.91. The molecule has 5 nitrogen and oxygen atoms in total. The van der Waals surface area contributed by atoms with E-state index < -0.39 is 0 Å². The van der Waals surface area contributed by atoms with Gasteiger partial charge in [-0.25, -0.2) is 4.98 Å². The monoisotopic (exact) mass is 331 g/mol. The van der Waals surface area contributed by atoms with Gasteiger partial charge in [-0.05, 0) is 37.6 Å². The number of thiophene rings is 1. The highest BCUT2D eigenvalue weighted by molar-refractivity contribution is 7.09. The van der Waals surface area contributed by atoms with E-state index in [-0.39, 0.29) is 17.4 Å². The number of H-pyrrole nitrogens is 1. The normalized spacial score (nSPS) is 18.1. The molecule has 1 N–H and O–H groups in total. The topological polar surface area (TPSA) is 66.1 Å². The van der Waals surface area contributed by atoms with Crippen LogP contribution in [0.2, 0.25) is 0 Å². The number of hydrogen-bond acceptors (Lipinski definition) is 4. The number of piperidine rings is 1. The van der Waals surface area contributed by atoms with Crippen LogP contribution in [0, 0.1) is 6.92 Å². The lowest BCUT2D eigenvalue weighted by Gasteiger charge is -2.32. The average Bonchev–Trinajstić information content (AvgIpc) is 3.05. The van der Waals surface area contributed by atoms with Crippen molar-refractivity contribution >= 4 is 17.2 Å². The third kappa shape index (κ3) is 4.07. The highest BCUT2D eigenvalue weighted by Gasteiger charge is 2.25. The van der Waals surface area contributed by atoms with E-state index in [4.69, 9.17) is 0 Å². The van der Waals surface area contributed by atoms with Crippen LogP contribution < -0.4 is 5.56 Å².